The van der Waals surface area contributed by atoms with Gasteiger partial charge in [0.2, 0.25) is 0 Å². The van der Waals surface area contributed by atoms with Gasteiger partial charge in [0.1, 0.15) is 0 Å². The van der Waals surface area contributed by atoms with Crippen molar-refractivity contribution < 1.29 is 0 Å². The van der Waals surface area contributed by atoms with E-state index in [1.807, 2.05) is 37.4 Å². The number of benzene rings is 1. The molecule has 2 aromatic rings. The molecule has 1 aromatic heterocycles. The van der Waals surface area contributed by atoms with Crippen LogP contribution in [-0.4, -0.2) is 12.0 Å². The smallest absolute Gasteiger partial charge is 0.0603 e. The SMILES string of the molecule is CNc1ccnc(CSc2ccc(Cl)c(Cl)c2)c1. The standard InChI is InChI=1S/C13H12Cl2N2S/c1-16-9-4-5-17-10(6-9)8-18-11-2-3-12(14)13(15)7-11/h2-7H,8H2,1H3,(H,16,17). The molecule has 0 spiro atoms. The van der Waals surface area contributed by atoms with Crippen molar-refractivity contribution in [1.29, 1.82) is 0 Å². The van der Waals surface area contributed by atoms with Gasteiger partial charge in [0.25, 0.3) is 0 Å². The molecule has 18 heavy (non-hydrogen) atoms. The van der Waals surface area contributed by atoms with Crippen LogP contribution < -0.4 is 5.32 Å². The lowest BCUT2D eigenvalue weighted by Crippen LogP contribution is -1.92. The maximum atomic E-state index is 5.97. The molecule has 1 N–H and O–H groups in total. The summed E-state index contributed by atoms with van der Waals surface area (Å²) in [5.41, 5.74) is 2.09. The average molecular weight is 299 g/mol. The quantitative estimate of drug-likeness (QED) is 0.827. The van der Waals surface area contributed by atoms with Crippen molar-refractivity contribution in [1.82, 2.24) is 4.98 Å². The largest absolute Gasteiger partial charge is 0.388 e. The summed E-state index contributed by atoms with van der Waals surface area (Å²) in [4.78, 5) is 5.41. The van der Waals surface area contributed by atoms with Gasteiger partial charge in [0.05, 0.1) is 15.7 Å². The molecule has 0 saturated carbocycles. The Morgan fingerprint density at radius 3 is 2.72 bits per heavy atom. The van der Waals surface area contributed by atoms with Crippen LogP contribution in [0.15, 0.2) is 41.4 Å². The lowest BCUT2D eigenvalue weighted by molar-refractivity contribution is 1.17. The molecule has 0 radical (unpaired) electrons. The first-order valence-electron chi connectivity index (χ1n) is 5.39. The summed E-state index contributed by atoms with van der Waals surface area (Å²) in [5.74, 6) is 0.799. The second-order valence-electron chi connectivity index (χ2n) is 3.65. The number of halogens is 2. The predicted molar refractivity (Wildman–Crippen MR) is 79.8 cm³/mol. The van der Waals surface area contributed by atoms with Gasteiger partial charge in [-0.05, 0) is 30.3 Å². The third-order valence-corrected chi connectivity index (χ3v) is 4.15. The molecule has 0 unspecified atom stereocenters. The monoisotopic (exact) mass is 298 g/mol. The minimum Gasteiger partial charge on any atom is -0.388 e. The van der Waals surface area contributed by atoms with E-state index in [9.17, 15) is 0 Å². The van der Waals surface area contributed by atoms with E-state index in [0.717, 1.165) is 22.0 Å². The molecule has 2 nitrogen and oxygen atoms in total. The fraction of sp³-hybridized carbons (Fsp3) is 0.154. The Hall–Kier alpha value is -0.900. The molecular formula is C13H12Cl2N2S. The highest BCUT2D eigenvalue weighted by atomic mass is 35.5. The zero-order valence-electron chi connectivity index (χ0n) is 9.78. The molecule has 1 heterocycles. The molecule has 1 aromatic carbocycles. The van der Waals surface area contributed by atoms with Crippen molar-refractivity contribution in [3.8, 4) is 0 Å². The van der Waals surface area contributed by atoms with E-state index in [1.165, 1.54) is 0 Å². The van der Waals surface area contributed by atoms with Crippen LogP contribution in [0.3, 0.4) is 0 Å². The van der Waals surface area contributed by atoms with Gasteiger partial charge in [-0.3, -0.25) is 4.98 Å². The van der Waals surface area contributed by atoms with Gasteiger partial charge in [-0.15, -0.1) is 11.8 Å². The first-order valence-corrected chi connectivity index (χ1v) is 7.14. The summed E-state index contributed by atoms with van der Waals surface area (Å²) in [5, 5.41) is 4.26. The third kappa shape index (κ3) is 3.55. The lowest BCUT2D eigenvalue weighted by Gasteiger charge is -2.05. The van der Waals surface area contributed by atoms with Gasteiger partial charge < -0.3 is 5.32 Å². The maximum Gasteiger partial charge on any atom is 0.0603 e. The van der Waals surface area contributed by atoms with Crippen molar-refractivity contribution in [3.63, 3.8) is 0 Å². The molecule has 0 aliphatic heterocycles. The molecule has 0 saturated heterocycles. The van der Waals surface area contributed by atoms with Crippen molar-refractivity contribution in [2.24, 2.45) is 0 Å². The van der Waals surface area contributed by atoms with Crippen LogP contribution in [0.2, 0.25) is 10.0 Å². The van der Waals surface area contributed by atoms with E-state index in [0.29, 0.717) is 10.0 Å². The molecule has 0 fully saturated rings. The number of thioether (sulfide) groups is 1. The van der Waals surface area contributed by atoms with E-state index in [1.54, 1.807) is 18.0 Å². The zero-order chi connectivity index (χ0) is 13.0. The number of aromatic nitrogens is 1. The molecule has 0 atom stereocenters. The average Bonchev–Trinajstić information content (AvgIpc) is 2.40. The van der Waals surface area contributed by atoms with Gasteiger partial charge >= 0.3 is 0 Å². The first kappa shape index (κ1) is 13.5. The predicted octanol–water partition coefficient (Wildman–Crippen LogP) is 4.72. The Balaban J connectivity index is 2.04. The molecule has 0 aliphatic rings. The topological polar surface area (TPSA) is 24.9 Å². The van der Waals surface area contributed by atoms with E-state index >= 15 is 0 Å². The minimum absolute atomic E-state index is 0.580. The van der Waals surface area contributed by atoms with E-state index < -0.39 is 0 Å². The fourth-order valence-corrected chi connectivity index (χ4v) is 2.64. The van der Waals surface area contributed by atoms with Crippen molar-refractivity contribution >= 4 is 40.7 Å². The minimum atomic E-state index is 0.580. The van der Waals surface area contributed by atoms with Gasteiger partial charge in [0, 0.05) is 29.6 Å². The first-order chi connectivity index (χ1) is 8.69. The molecule has 0 amide bonds. The van der Waals surface area contributed by atoms with Crippen LogP contribution in [0.4, 0.5) is 5.69 Å². The fourth-order valence-electron chi connectivity index (χ4n) is 1.44. The number of pyridine rings is 1. The number of hydrogen-bond donors (Lipinski definition) is 1. The van der Waals surface area contributed by atoms with Crippen molar-refractivity contribution in [2.45, 2.75) is 10.6 Å². The molecule has 0 bridgehead atoms. The van der Waals surface area contributed by atoms with Gasteiger partial charge in [-0.2, -0.15) is 0 Å². The van der Waals surface area contributed by atoms with Crippen LogP contribution >= 0.6 is 35.0 Å². The highest BCUT2D eigenvalue weighted by molar-refractivity contribution is 7.98. The number of nitrogens with one attached hydrogen (secondary N) is 1. The number of nitrogens with zero attached hydrogens (tertiary/aromatic N) is 1. The molecule has 5 heteroatoms. The highest BCUT2D eigenvalue weighted by Gasteiger charge is 2.02. The Labute approximate surface area is 121 Å². The normalized spacial score (nSPS) is 10.4. The van der Waals surface area contributed by atoms with Gasteiger partial charge in [-0.25, -0.2) is 0 Å². The Bertz CT molecular complexity index is 546. The van der Waals surface area contributed by atoms with Gasteiger partial charge in [-0.1, -0.05) is 23.2 Å². The Kier molecular flexibility index (Phi) is 4.75. The molecule has 94 valence electrons. The summed E-state index contributed by atoms with van der Waals surface area (Å²) in [6, 6.07) is 9.61. The summed E-state index contributed by atoms with van der Waals surface area (Å²) >= 11 is 13.5. The van der Waals surface area contributed by atoms with Crippen LogP contribution in [0.25, 0.3) is 0 Å². The van der Waals surface area contributed by atoms with Crippen LogP contribution in [0.1, 0.15) is 5.69 Å². The van der Waals surface area contributed by atoms with Crippen molar-refractivity contribution in [2.75, 3.05) is 12.4 Å². The highest BCUT2D eigenvalue weighted by Crippen LogP contribution is 2.29. The summed E-state index contributed by atoms with van der Waals surface area (Å²) < 4.78 is 0. The van der Waals surface area contributed by atoms with E-state index in [2.05, 4.69) is 10.3 Å². The molecule has 2 rings (SSSR count). The Morgan fingerprint density at radius 2 is 2.00 bits per heavy atom. The Morgan fingerprint density at radius 1 is 1.17 bits per heavy atom. The number of rotatable bonds is 4. The third-order valence-electron chi connectivity index (χ3n) is 2.38. The van der Waals surface area contributed by atoms with Crippen molar-refractivity contribution in [3.05, 3.63) is 52.3 Å². The maximum absolute atomic E-state index is 5.97. The van der Waals surface area contributed by atoms with E-state index in [-0.39, 0.29) is 0 Å². The van der Waals surface area contributed by atoms with Crippen LogP contribution in [0, 0.1) is 0 Å². The second-order valence-corrected chi connectivity index (χ2v) is 5.51. The summed E-state index contributed by atoms with van der Waals surface area (Å²) in [6.45, 7) is 0. The van der Waals surface area contributed by atoms with Crippen LogP contribution in [0.5, 0.6) is 0 Å². The molecule has 0 aliphatic carbocycles. The van der Waals surface area contributed by atoms with Gasteiger partial charge in [0.15, 0.2) is 0 Å². The van der Waals surface area contributed by atoms with E-state index in [4.69, 9.17) is 23.2 Å². The summed E-state index contributed by atoms with van der Waals surface area (Å²) in [6.07, 6.45) is 1.80. The number of anilines is 1. The zero-order valence-corrected chi connectivity index (χ0v) is 12.1. The number of hydrogen-bond acceptors (Lipinski definition) is 3. The lowest BCUT2D eigenvalue weighted by atomic mass is 10.3. The summed E-state index contributed by atoms with van der Waals surface area (Å²) in [7, 11) is 1.89. The second kappa shape index (κ2) is 6.32. The molecular weight excluding hydrogens is 287 g/mol. The van der Waals surface area contributed by atoms with Crippen LogP contribution in [-0.2, 0) is 5.75 Å².